The topological polar surface area (TPSA) is 70.1 Å². The molecular weight excluding hydrogens is 320 g/mol. The number of methoxy groups -OCH3 is 1. The predicted octanol–water partition coefficient (Wildman–Crippen LogP) is 2.62. The first-order chi connectivity index (χ1) is 12.1. The summed E-state index contributed by atoms with van der Waals surface area (Å²) in [7, 11) is 1.77. The van der Waals surface area contributed by atoms with Crippen LogP contribution in [-0.4, -0.2) is 73.2 Å². The van der Waals surface area contributed by atoms with Gasteiger partial charge in [0, 0.05) is 39.3 Å². The average molecular weight is 357 g/mol. The molecular formula is C19H36N2O4. The van der Waals surface area contributed by atoms with Crippen LogP contribution in [0.2, 0.25) is 0 Å². The first-order valence-electron chi connectivity index (χ1n) is 9.71. The van der Waals surface area contributed by atoms with E-state index < -0.39 is 0 Å². The molecule has 2 rings (SSSR count). The van der Waals surface area contributed by atoms with Crippen molar-refractivity contribution >= 4 is 12.4 Å². The lowest BCUT2D eigenvalue weighted by molar-refractivity contribution is -0.133. The van der Waals surface area contributed by atoms with Crippen LogP contribution in [0, 0.1) is 5.92 Å². The van der Waals surface area contributed by atoms with Gasteiger partial charge in [0.05, 0.1) is 0 Å². The molecule has 0 aromatic heterocycles. The lowest BCUT2D eigenvalue weighted by Gasteiger charge is -2.34. The molecule has 0 saturated carbocycles. The Hall–Kier alpha value is -1.14. The van der Waals surface area contributed by atoms with Crippen molar-refractivity contribution in [3.63, 3.8) is 0 Å². The molecule has 0 spiro atoms. The van der Waals surface area contributed by atoms with Gasteiger partial charge < -0.3 is 19.6 Å². The standard InChI is InChI=1S/C18H34N2O2.CH2O2/c1-16(19-10-5-3-4-6-11-19)15-18(21)20-12-7-17(8-13-20)9-14-22-2;2-1-3/h16-17H,3-15H2,1-2H3;1H,(H,2,3). The number of hydrogen-bond donors (Lipinski definition) is 1. The van der Waals surface area contributed by atoms with E-state index in [1.165, 1.54) is 38.8 Å². The van der Waals surface area contributed by atoms with Crippen LogP contribution in [0.3, 0.4) is 0 Å². The van der Waals surface area contributed by atoms with Crippen molar-refractivity contribution in [1.82, 2.24) is 9.80 Å². The van der Waals surface area contributed by atoms with Gasteiger partial charge in [-0.2, -0.15) is 0 Å². The third kappa shape index (κ3) is 8.68. The number of ether oxygens (including phenoxy) is 1. The quantitative estimate of drug-likeness (QED) is 0.741. The van der Waals surface area contributed by atoms with E-state index in [1.54, 1.807) is 7.11 Å². The maximum Gasteiger partial charge on any atom is 0.290 e. The monoisotopic (exact) mass is 356 g/mol. The molecule has 1 unspecified atom stereocenters. The Morgan fingerprint density at radius 3 is 2.24 bits per heavy atom. The number of amides is 1. The fourth-order valence-electron chi connectivity index (χ4n) is 3.80. The summed E-state index contributed by atoms with van der Waals surface area (Å²) in [5.74, 6) is 1.11. The molecule has 146 valence electrons. The van der Waals surface area contributed by atoms with Crippen LogP contribution in [0.1, 0.15) is 58.3 Å². The Labute approximate surface area is 152 Å². The minimum atomic E-state index is -0.250. The van der Waals surface area contributed by atoms with Crippen LogP contribution < -0.4 is 0 Å². The average Bonchev–Trinajstić information content (AvgIpc) is 2.90. The number of nitrogens with zero attached hydrogens (tertiary/aromatic N) is 2. The van der Waals surface area contributed by atoms with Gasteiger partial charge in [-0.15, -0.1) is 0 Å². The second kappa shape index (κ2) is 13.1. The molecule has 6 heteroatoms. The van der Waals surface area contributed by atoms with Gasteiger partial charge in [-0.05, 0) is 58.0 Å². The molecule has 0 bridgehead atoms. The summed E-state index contributed by atoms with van der Waals surface area (Å²) in [6.07, 6.45) is 9.43. The molecule has 25 heavy (non-hydrogen) atoms. The zero-order valence-corrected chi connectivity index (χ0v) is 16.0. The number of carbonyl (C=O) groups excluding carboxylic acids is 1. The summed E-state index contributed by atoms with van der Waals surface area (Å²) in [6, 6.07) is 0.400. The largest absolute Gasteiger partial charge is 0.483 e. The van der Waals surface area contributed by atoms with Gasteiger partial charge in [0.1, 0.15) is 0 Å². The van der Waals surface area contributed by atoms with E-state index in [1.807, 2.05) is 0 Å². The molecule has 2 heterocycles. The Morgan fingerprint density at radius 1 is 1.16 bits per heavy atom. The fraction of sp³-hybridized carbons (Fsp3) is 0.895. The Balaban J connectivity index is 0.000000970. The molecule has 0 aromatic rings. The Morgan fingerprint density at radius 2 is 1.72 bits per heavy atom. The van der Waals surface area contributed by atoms with Crippen molar-refractivity contribution < 1.29 is 19.4 Å². The van der Waals surface area contributed by atoms with Crippen molar-refractivity contribution in [2.24, 2.45) is 5.92 Å². The molecule has 2 saturated heterocycles. The van der Waals surface area contributed by atoms with Crippen molar-refractivity contribution in [3.05, 3.63) is 0 Å². The highest BCUT2D eigenvalue weighted by atomic mass is 16.5. The zero-order chi connectivity index (χ0) is 18.5. The highest BCUT2D eigenvalue weighted by Gasteiger charge is 2.25. The molecule has 1 N–H and O–H groups in total. The SMILES string of the molecule is COCCC1CCN(C(=O)CC(C)N2CCCCCC2)CC1.O=CO. The summed E-state index contributed by atoms with van der Waals surface area (Å²) in [5, 5.41) is 6.89. The second-order valence-corrected chi connectivity index (χ2v) is 7.21. The highest BCUT2D eigenvalue weighted by molar-refractivity contribution is 5.76. The molecule has 2 aliphatic heterocycles. The lowest BCUT2D eigenvalue weighted by atomic mass is 9.93. The van der Waals surface area contributed by atoms with Crippen LogP contribution in [0.4, 0.5) is 0 Å². The summed E-state index contributed by atoms with van der Waals surface area (Å²) < 4.78 is 5.16. The minimum Gasteiger partial charge on any atom is -0.483 e. The van der Waals surface area contributed by atoms with Crippen LogP contribution in [0.15, 0.2) is 0 Å². The third-order valence-corrected chi connectivity index (χ3v) is 5.43. The maximum atomic E-state index is 12.5. The fourth-order valence-corrected chi connectivity index (χ4v) is 3.80. The van der Waals surface area contributed by atoms with Gasteiger partial charge in [-0.1, -0.05) is 12.8 Å². The van der Waals surface area contributed by atoms with Gasteiger partial charge in [-0.25, -0.2) is 0 Å². The van der Waals surface area contributed by atoms with E-state index in [4.69, 9.17) is 14.6 Å². The minimum absolute atomic E-state index is 0.250. The van der Waals surface area contributed by atoms with Crippen LogP contribution >= 0.6 is 0 Å². The summed E-state index contributed by atoms with van der Waals surface area (Å²) in [6.45, 7) is 7.07. The first-order valence-corrected chi connectivity index (χ1v) is 9.71. The summed E-state index contributed by atoms with van der Waals surface area (Å²) >= 11 is 0. The Kier molecular flexibility index (Phi) is 11.5. The highest BCUT2D eigenvalue weighted by Crippen LogP contribution is 2.22. The van der Waals surface area contributed by atoms with Crippen molar-refractivity contribution in [2.75, 3.05) is 39.9 Å². The number of likely N-dealkylation sites (tertiary alicyclic amines) is 2. The van der Waals surface area contributed by atoms with Gasteiger partial charge in [0.15, 0.2) is 0 Å². The van der Waals surface area contributed by atoms with Crippen LogP contribution in [-0.2, 0) is 14.3 Å². The maximum absolute atomic E-state index is 12.5. The van der Waals surface area contributed by atoms with E-state index in [2.05, 4.69) is 16.7 Å². The molecule has 1 atom stereocenters. The molecule has 6 nitrogen and oxygen atoms in total. The number of carboxylic acid groups (broad SMARTS) is 1. The molecule has 0 aromatic carbocycles. The van der Waals surface area contributed by atoms with E-state index in [0.717, 1.165) is 44.9 Å². The van der Waals surface area contributed by atoms with Crippen molar-refractivity contribution in [3.8, 4) is 0 Å². The summed E-state index contributed by atoms with van der Waals surface area (Å²) in [5.41, 5.74) is 0. The van der Waals surface area contributed by atoms with Gasteiger partial charge in [-0.3, -0.25) is 9.59 Å². The summed E-state index contributed by atoms with van der Waals surface area (Å²) in [4.78, 5) is 25.5. The van der Waals surface area contributed by atoms with Crippen molar-refractivity contribution in [2.45, 2.75) is 64.3 Å². The number of rotatable bonds is 6. The second-order valence-electron chi connectivity index (χ2n) is 7.21. The van der Waals surface area contributed by atoms with E-state index in [-0.39, 0.29) is 6.47 Å². The molecule has 0 aliphatic carbocycles. The van der Waals surface area contributed by atoms with Gasteiger partial charge in [0.2, 0.25) is 5.91 Å². The zero-order valence-electron chi connectivity index (χ0n) is 16.0. The van der Waals surface area contributed by atoms with E-state index in [0.29, 0.717) is 18.4 Å². The number of piperidine rings is 1. The van der Waals surface area contributed by atoms with E-state index >= 15 is 0 Å². The smallest absolute Gasteiger partial charge is 0.290 e. The molecule has 1 amide bonds. The van der Waals surface area contributed by atoms with Gasteiger partial charge >= 0.3 is 0 Å². The van der Waals surface area contributed by atoms with Crippen LogP contribution in [0.5, 0.6) is 0 Å². The number of carbonyl (C=O) groups is 2. The first kappa shape index (κ1) is 21.9. The molecule has 0 radical (unpaired) electrons. The normalized spacial score (nSPS) is 21.0. The lowest BCUT2D eigenvalue weighted by Crippen LogP contribution is -2.43. The molecule has 2 aliphatic rings. The van der Waals surface area contributed by atoms with Gasteiger partial charge in [0.25, 0.3) is 6.47 Å². The predicted molar refractivity (Wildman–Crippen MR) is 98.6 cm³/mol. The number of hydrogen-bond acceptors (Lipinski definition) is 4. The van der Waals surface area contributed by atoms with E-state index in [9.17, 15) is 4.79 Å². The Bertz CT molecular complexity index is 362. The molecule has 2 fully saturated rings. The van der Waals surface area contributed by atoms with Crippen LogP contribution in [0.25, 0.3) is 0 Å². The third-order valence-electron chi connectivity index (χ3n) is 5.43. The van der Waals surface area contributed by atoms with Crippen molar-refractivity contribution in [1.29, 1.82) is 0 Å².